The molecule has 0 saturated carbocycles. The van der Waals surface area contributed by atoms with E-state index in [4.69, 9.17) is 0 Å². The molecule has 1 N–H and O–H groups in total. The SMILES string of the molecule is CC(C)NC(C)C(=O)c1ccc2c(c1)CCCC2.Cl. The molecule has 0 radical (unpaired) electrons. The van der Waals surface area contributed by atoms with E-state index in [1.165, 1.54) is 30.4 Å². The van der Waals surface area contributed by atoms with Gasteiger partial charge in [0, 0.05) is 11.6 Å². The Morgan fingerprint density at radius 3 is 2.37 bits per heavy atom. The number of carbonyl (C=O) groups excluding carboxylic acids is 1. The first-order valence-electron chi connectivity index (χ1n) is 7.00. The number of hydrogen-bond acceptors (Lipinski definition) is 2. The molecule has 0 heterocycles. The lowest BCUT2D eigenvalue weighted by molar-refractivity contribution is 0.0946. The van der Waals surface area contributed by atoms with Crippen LogP contribution in [0, 0.1) is 0 Å². The molecule has 0 aromatic heterocycles. The minimum Gasteiger partial charge on any atom is -0.305 e. The second kappa shape index (κ2) is 7.06. The maximum atomic E-state index is 12.3. The fourth-order valence-electron chi connectivity index (χ4n) is 2.71. The minimum atomic E-state index is -0.105. The van der Waals surface area contributed by atoms with Gasteiger partial charge in [-0.1, -0.05) is 26.0 Å². The molecule has 0 spiro atoms. The van der Waals surface area contributed by atoms with Crippen LogP contribution in [0.25, 0.3) is 0 Å². The van der Waals surface area contributed by atoms with Crippen LogP contribution < -0.4 is 5.32 Å². The Labute approximate surface area is 122 Å². The predicted molar refractivity (Wildman–Crippen MR) is 82.4 cm³/mol. The molecule has 1 aromatic carbocycles. The van der Waals surface area contributed by atoms with Crippen molar-refractivity contribution in [3.05, 3.63) is 34.9 Å². The summed E-state index contributed by atoms with van der Waals surface area (Å²) in [5.41, 5.74) is 3.67. The highest BCUT2D eigenvalue weighted by Gasteiger charge is 2.18. The molecule has 0 amide bonds. The summed E-state index contributed by atoms with van der Waals surface area (Å²) >= 11 is 0. The van der Waals surface area contributed by atoms with Crippen molar-refractivity contribution in [1.29, 1.82) is 0 Å². The number of hydrogen-bond donors (Lipinski definition) is 1. The third kappa shape index (κ3) is 4.05. The van der Waals surface area contributed by atoms with Gasteiger partial charge in [0.25, 0.3) is 0 Å². The molecule has 0 aliphatic heterocycles. The van der Waals surface area contributed by atoms with Gasteiger partial charge in [-0.15, -0.1) is 12.4 Å². The van der Waals surface area contributed by atoms with E-state index < -0.39 is 0 Å². The summed E-state index contributed by atoms with van der Waals surface area (Å²) in [6, 6.07) is 6.47. The molecule has 1 aromatic rings. The molecule has 3 heteroatoms. The van der Waals surface area contributed by atoms with Gasteiger partial charge < -0.3 is 5.32 Å². The average molecular weight is 282 g/mol. The van der Waals surface area contributed by atoms with Crippen molar-refractivity contribution in [3.63, 3.8) is 0 Å². The van der Waals surface area contributed by atoms with Crippen LogP contribution >= 0.6 is 12.4 Å². The van der Waals surface area contributed by atoms with Crippen molar-refractivity contribution in [1.82, 2.24) is 5.32 Å². The third-order valence-electron chi connectivity index (χ3n) is 3.61. The van der Waals surface area contributed by atoms with Crippen LogP contribution in [0.15, 0.2) is 18.2 Å². The normalized spacial score (nSPS) is 15.6. The predicted octanol–water partition coefficient (Wildman–Crippen LogP) is 3.56. The molecule has 1 unspecified atom stereocenters. The zero-order valence-corrected chi connectivity index (χ0v) is 12.8. The summed E-state index contributed by atoms with van der Waals surface area (Å²) in [5, 5.41) is 3.27. The fourth-order valence-corrected chi connectivity index (χ4v) is 2.71. The smallest absolute Gasteiger partial charge is 0.179 e. The fraction of sp³-hybridized carbons (Fsp3) is 0.562. The van der Waals surface area contributed by atoms with Gasteiger partial charge in [-0.25, -0.2) is 0 Å². The molecular formula is C16H24ClNO. The molecule has 2 nitrogen and oxygen atoms in total. The zero-order valence-electron chi connectivity index (χ0n) is 12.0. The van der Waals surface area contributed by atoms with Gasteiger partial charge in [-0.3, -0.25) is 4.79 Å². The van der Waals surface area contributed by atoms with Crippen LogP contribution in [0.2, 0.25) is 0 Å². The van der Waals surface area contributed by atoms with Gasteiger partial charge in [-0.05, 0) is 49.8 Å². The summed E-state index contributed by atoms with van der Waals surface area (Å²) in [6.45, 7) is 6.08. The van der Waals surface area contributed by atoms with E-state index in [2.05, 4.69) is 31.3 Å². The lowest BCUT2D eigenvalue weighted by atomic mass is 9.89. The van der Waals surface area contributed by atoms with E-state index in [1.54, 1.807) is 0 Å². The van der Waals surface area contributed by atoms with E-state index in [9.17, 15) is 4.79 Å². The van der Waals surface area contributed by atoms with Gasteiger partial charge in [0.15, 0.2) is 5.78 Å². The van der Waals surface area contributed by atoms with Gasteiger partial charge in [0.2, 0.25) is 0 Å². The Kier molecular flexibility index (Phi) is 6.02. The van der Waals surface area contributed by atoms with Crippen molar-refractivity contribution in [2.24, 2.45) is 0 Å². The maximum absolute atomic E-state index is 12.3. The number of carbonyl (C=O) groups is 1. The molecule has 0 bridgehead atoms. The van der Waals surface area contributed by atoms with Gasteiger partial charge in [-0.2, -0.15) is 0 Å². The highest BCUT2D eigenvalue weighted by molar-refractivity contribution is 6.00. The van der Waals surface area contributed by atoms with Crippen LogP contribution in [0.4, 0.5) is 0 Å². The molecule has 0 saturated heterocycles. The zero-order chi connectivity index (χ0) is 13.1. The number of aryl methyl sites for hydroxylation is 2. The maximum Gasteiger partial charge on any atom is 0.179 e. The summed E-state index contributed by atoms with van der Waals surface area (Å²) in [4.78, 5) is 12.3. The van der Waals surface area contributed by atoms with Crippen LogP contribution in [0.1, 0.15) is 55.1 Å². The minimum absolute atomic E-state index is 0. The van der Waals surface area contributed by atoms with Crippen molar-refractivity contribution < 1.29 is 4.79 Å². The lowest BCUT2D eigenvalue weighted by Gasteiger charge is -2.19. The Balaban J connectivity index is 0.00000180. The molecule has 0 fully saturated rings. The van der Waals surface area contributed by atoms with E-state index in [0.717, 1.165) is 12.0 Å². The highest BCUT2D eigenvalue weighted by atomic mass is 35.5. The number of Topliss-reactive ketones (excluding diaryl/α,β-unsaturated/α-hetero) is 1. The molecule has 2 rings (SSSR count). The number of fused-ring (bicyclic) bond motifs is 1. The van der Waals surface area contributed by atoms with E-state index in [1.807, 2.05) is 13.0 Å². The topological polar surface area (TPSA) is 29.1 Å². The molecule has 19 heavy (non-hydrogen) atoms. The van der Waals surface area contributed by atoms with E-state index in [0.29, 0.717) is 6.04 Å². The molecule has 1 atom stereocenters. The summed E-state index contributed by atoms with van der Waals surface area (Å²) in [6.07, 6.45) is 4.84. The van der Waals surface area contributed by atoms with E-state index >= 15 is 0 Å². The number of nitrogens with one attached hydrogen (secondary N) is 1. The second-order valence-corrected chi connectivity index (χ2v) is 5.60. The number of benzene rings is 1. The van der Waals surface area contributed by atoms with Crippen LogP contribution in [0.3, 0.4) is 0 Å². The monoisotopic (exact) mass is 281 g/mol. The first-order chi connectivity index (χ1) is 8.58. The molecular weight excluding hydrogens is 258 g/mol. The Hall–Kier alpha value is -0.860. The van der Waals surface area contributed by atoms with Crippen LogP contribution in [0.5, 0.6) is 0 Å². The summed E-state index contributed by atoms with van der Waals surface area (Å²) in [7, 11) is 0. The van der Waals surface area contributed by atoms with Crippen LogP contribution in [-0.2, 0) is 12.8 Å². The second-order valence-electron chi connectivity index (χ2n) is 5.60. The molecule has 106 valence electrons. The highest BCUT2D eigenvalue weighted by Crippen LogP contribution is 2.22. The lowest BCUT2D eigenvalue weighted by Crippen LogP contribution is -2.38. The standard InChI is InChI=1S/C16H23NO.ClH/c1-11(2)17-12(3)16(18)15-9-8-13-6-4-5-7-14(13)10-15;/h8-12,17H,4-7H2,1-3H3;1H. The number of rotatable bonds is 4. The van der Waals surface area contributed by atoms with Crippen molar-refractivity contribution >= 4 is 18.2 Å². The van der Waals surface area contributed by atoms with Gasteiger partial charge >= 0.3 is 0 Å². The quantitative estimate of drug-likeness (QED) is 0.855. The van der Waals surface area contributed by atoms with Crippen molar-refractivity contribution in [2.75, 3.05) is 0 Å². The summed E-state index contributed by atoms with van der Waals surface area (Å²) < 4.78 is 0. The number of ketones is 1. The largest absolute Gasteiger partial charge is 0.305 e. The van der Waals surface area contributed by atoms with Crippen molar-refractivity contribution in [3.8, 4) is 0 Å². The molecule has 1 aliphatic carbocycles. The summed E-state index contributed by atoms with van der Waals surface area (Å²) in [5.74, 6) is 0.206. The first-order valence-corrected chi connectivity index (χ1v) is 7.00. The molecule has 1 aliphatic rings. The van der Waals surface area contributed by atoms with Crippen LogP contribution in [-0.4, -0.2) is 17.9 Å². The average Bonchev–Trinajstić information content (AvgIpc) is 2.36. The number of halogens is 1. The Bertz CT molecular complexity index is 442. The third-order valence-corrected chi connectivity index (χ3v) is 3.61. The van der Waals surface area contributed by atoms with Crippen molar-refractivity contribution in [2.45, 2.75) is 58.5 Å². The first kappa shape index (κ1) is 16.2. The Morgan fingerprint density at radius 1 is 1.11 bits per heavy atom. The Morgan fingerprint density at radius 2 is 1.74 bits per heavy atom. The van der Waals surface area contributed by atoms with Gasteiger partial charge in [0.1, 0.15) is 0 Å². The van der Waals surface area contributed by atoms with Gasteiger partial charge in [0.05, 0.1) is 6.04 Å². The van der Waals surface area contributed by atoms with E-state index in [-0.39, 0.29) is 24.2 Å².